The second-order valence-electron chi connectivity index (χ2n) is 6.01. The molecule has 0 aliphatic carbocycles. The molecule has 0 unspecified atom stereocenters. The molecular formula is C19H17ClN2O4S. The number of sulfonamides is 1. The molecule has 0 aliphatic heterocycles. The monoisotopic (exact) mass is 404 g/mol. The van der Waals surface area contributed by atoms with E-state index in [0.717, 1.165) is 22.7 Å². The fourth-order valence-corrected chi connectivity index (χ4v) is 3.45. The Labute approximate surface area is 162 Å². The molecule has 6 nitrogen and oxygen atoms in total. The zero-order chi connectivity index (χ0) is 19.6. The number of hydrogen-bond donors (Lipinski definition) is 1. The van der Waals surface area contributed by atoms with E-state index in [4.69, 9.17) is 16.3 Å². The van der Waals surface area contributed by atoms with Gasteiger partial charge in [0.1, 0.15) is 6.61 Å². The highest BCUT2D eigenvalue weighted by Crippen LogP contribution is 2.27. The van der Waals surface area contributed by atoms with Gasteiger partial charge in [0.05, 0.1) is 33.7 Å². The van der Waals surface area contributed by atoms with Crippen molar-refractivity contribution in [1.29, 1.82) is 0 Å². The van der Waals surface area contributed by atoms with Crippen molar-refractivity contribution in [3.63, 3.8) is 0 Å². The van der Waals surface area contributed by atoms with Crippen LogP contribution in [0.3, 0.4) is 0 Å². The van der Waals surface area contributed by atoms with Crippen LogP contribution in [0.25, 0.3) is 10.9 Å². The predicted molar refractivity (Wildman–Crippen MR) is 106 cm³/mol. The first-order valence-corrected chi connectivity index (χ1v) is 10.3. The first-order chi connectivity index (χ1) is 12.8. The Kier molecular flexibility index (Phi) is 5.34. The summed E-state index contributed by atoms with van der Waals surface area (Å²) in [5.41, 5.74) is 2.31. The molecule has 1 heterocycles. The zero-order valence-electron chi connectivity index (χ0n) is 14.7. The number of aromatic nitrogens is 1. The Balaban J connectivity index is 1.85. The number of ether oxygens (including phenoxy) is 1. The van der Waals surface area contributed by atoms with Gasteiger partial charge in [0.25, 0.3) is 0 Å². The number of benzene rings is 2. The first kappa shape index (κ1) is 19.1. The van der Waals surface area contributed by atoms with Crippen molar-refractivity contribution in [2.45, 2.75) is 13.5 Å². The van der Waals surface area contributed by atoms with E-state index in [9.17, 15) is 13.2 Å². The van der Waals surface area contributed by atoms with Crippen LogP contribution in [0.1, 0.15) is 21.6 Å². The maximum Gasteiger partial charge on any atom is 0.340 e. The van der Waals surface area contributed by atoms with Gasteiger partial charge in [-0.15, -0.1) is 0 Å². The lowest BCUT2D eigenvalue weighted by molar-refractivity contribution is 0.0469. The third-order valence-electron chi connectivity index (χ3n) is 3.93. The van der Waals surface area contributed by atoms with Gasteiger partial charge in [0.15, 0.2) is 0 Å². The highest BCUT2D eigenvalue weighted by Gasteiger charge is 2.17. The van der Waals surface area contributed by atoms with E-state index < -0.39 is 16.0 Å². The van der Waals surface area contributed by atoms with Crippen LogP contribution in [0.15, 0.2) is 48.5 Å². The smallest absolute Gasteiger partial charge is 0.340 e. The molecule has 0 atom stereocenters. The minimum atomic E-state index is -3.53. The number of anilines is 1. The van der Waals surface area contributed by atoms with Crippen LogP contribution in [0.4, 0.5) is 5.69 Å². The van der Waals surface area contributed by atoms with Crippen molar-refractivity contribution in [2.75, 3.05) is 11.0 Å². The number of rotatable bonds is 5. The van der Waals surface area contributed by atoms with E-state index in [2.05, 4.69) is 9.71 Å². The lowest BCUT2D eigenvalue weighted by Crippen LogP contribution is -2.15. The molecule has 27 heavy (non-hydrogen) atoms. The SMILES string of the molecule is Cc1c(Cl)c(COC(=O)c2ccccc2NS(C)(=O)=O)nc2ccccc12. The number of aryl methyl sites for hydroxylation is 1. The van der Waals surface area contributed by atoms with Gasteiger partial charge in [0.2, 0.25) is 10.0 Å². The molecule has 140 valence electrons. The van der Waals surface area contributed by atoms with Crippen LogP contribution in [0, 0.1) is 6.92 Å². The summed E-state index contributed by atoms with van der Waals surface area (Å²) in [4.78, 5) is 16.9. The van der Waals surface area contributed by atoms with Crippen LogP contribution in [-0.4, -0.2) is 25.6 Å². The Morgan fingerprint density at radius 3 is 2.56 bits per heavy atom. The Hall–Kier alpha value is -2.64. The molecule has 0 saturated carbocycles. The van der Waals surface area contributed by atoms with E-state index in [1.54, 1.807) is 12.1 Å². The van der Waals surface area contributed by atoms with E-state index in [1.807, 2.05) is 31.2 Å². The number of halogens is 1. The van der Waals surface area contributed by atoms with Gasteiger partial charge in [-0.1, -0.05) is 41.9 Å². The number of esters is 1. The molecule has 3 rings (SSSR count). The molecule has 0 spiro atoms. The van der Waals surface area contributed by atoms with Crippen molar-refractivity contribution < 1.29 is 17.9 Å². The minimum Gasteiger partial charge on any atom is -0.455 e. The lowest BCUT2D eigenvalue weighted by atomic mass is 10.1. The second kappa shape index (κ2) is 7.54. The molecule has 0 amide bonds. The highest BCUT2D eigenvalue weighted by atomic mass is 35.5. The molecule has 1 N–H and O–H groups in total. The summed E-state index contributed by atoms with van der Waals surface area (Å²) in [6, 6.07) is 13.8. The fraction of sp³-hybridized carbons (Fsp3) is 0.158. The standard InChI is InChI=1S/C19H17ClN2O4S/c1-12-13-7-3-5-9-15(13)21-17(18(12)20)11-26-19(23)14-8-4-6-10-16(14)22-27(2,24)25/h3-10,22H,11H2,1-2H3. The maximum absolute atomic E-state index is 12.5. The van der Waals surface area contributed by atoms with Crippen molar-refractivity contribution in [2.24, 2.45) is 0 Å². The van der Waals surface area contributed by atoms with Crippen molar-refractivity contribution in [3.8, 4) is 0 Å². The van der Waals surface area contributed by atoms with Gasteiger partial charge < -0.3 is 4.74 Å². The van der Waals surface area contributed by atoms with Gasteiger partial charge in [-0.25, -0.2) is 18.2 Å². The van der Waals surface area contributed by atoms with E-state index in [0.29, 0.717) is 10.7 Å². The third kappa shape index (κ3) is 4.37. The molecular weight excluding hydrogens is 388 g/mol. The zero-order valence-corrected chi connectivity index (χ0v) is 16.3. The van der Waals surface area contributed by atoms with Crippen molar-refractivity contribution in [3.05, 3.63) is 70.4 Å². The fourth-order valence-electron chi connectivity index (χ4n) is 2.67. The topological polar surface area (TPSA) is 85.4 Å². The van der Waals surface area contributed by atoms with Crippen LogP contribution in [0.2, 0.25) is 5.02 Å². The summed E-state index contributed by atoms with van der Waals surface area (Å²) >= 11 is 6.37. The molecule has 0 bridgehead atoms. The van der Waals surface area contributed by atoms with Gasteiger partial charge in [0, 0.05) is 5.39 Å². The van der Waals surface area contributed by atoms with Crippen molar-refractivity contribution in [1.82, 2.24) is 4.98 Å². The normalized spacial score (nSPS) is 11.4. The second-order valence-corrected chi connectivity index (χ2v) is 8.14. The van der Waals surface area contributed by atoms with Gasteiger partial charge in [-0.3, -0.25) is 4.72 Å². The van der Waals surface area contributed by atoms with Crippen LogP contribution in [0.5, 0.6) is 0 Å². The number of carbonyl (C=O) groups excluding carboxylic acids is 1. The van der Waals surface area contributed by atoms with E-state index in [1.165, 1.54) is 12.1 Å². The van der Waals surface area contributed by atoms with Gasteiger partial charge in [-0.05, 0) is 30.7 Å². The molecule has 8 heteroatoms. The molecule has 3 aromatic rings. The summed E-state index contributed by atoms with van der Waals surface area (Å²) in [6.45, 7) is 1.75. The Bertz CT molecular complexity index is 1130. The summed E-state index contributed by atoms with van der Waals surface area (Å²) < 4.78 is 30.6. The molecule has 2 aromatic carbocycles. The number of pyridine rings is 1. The number of fused-ring (bicyclic) bond motifs is 1. The Morgan fingerprint density at radius 1 is 1.15 bits per heavy atom. The average molecular weight is 405 g/mol. The number of nitrogens with one attached hydrogen (secondary N) is 1. The largest absolute Gasteiger partial charge is 0.455 e. The highest BCUT2D eigenvalue weighted by molar-refractivity contribution is 7.92. The average Bonchev–Trinajstić information content (AvgIpc) is 2.62. The summed E-state index contributed by atoms with van der Waals surface area (Å²) in [5.74, 6) is -0.676. The summed E-state index contributed by atoms with van der Waals surface area (Å²) in [7, 11) is -3.53. The van der Waals surface area contributed by atoms with Gasteiger partial charge in [-0.2, -0.15) is 0 Å². The van der Waals surface area contributed by atoms with E-state index >= 15 is 0 Å². The molecule has 0 radical (unpaired) electrons. The van der Waals surface area contributed by atoms with Crippen LogP contribution < -0.4 is 4.72 Å². The molecule has 0 saturated heterocycles. The number of hydrogen-bond acceptors (Lipinski definition) is 5. The van der Waals surface area contributed by atoms with Crippen LogP contribution in [-0.2, 0) is 21.4 Å². The molecule has 1 aromatic heterocycles. The number of nitrogens with zero attached hydrogens (tertiary/aromatic N) is 1. The predicted octanol–water partition coefficient (Wildman–Crippen LogP) is 3.93. The first-order valence-electron chi connectivity index (χ1n) is 8.04. The van der Waals surface area contributed by atoms with Crippen molar-refractivity contribution >= 4 is 44.2 Å². The summed E-state index contributed by atoms with van der Waals surface area (Å²) in [6.07, 6.45) is 1.01. The lowest BCUT2D eigenvalue weighted by Gasteiger charge is -2.12. The summed E-state index contributed by atoms with van der Waals surface area (Å²) in [5, 5.41) is 1.37. The van der Waals surface area contributed by atoms with Gasteiger partial charge >= 0.3 is 5.97 Å². The minimum absolute atomic E-state index is 0.108. The number of carbonyl (C=O) groups is 1. The van der Waals surface area contributed by atoms with E-state index in [-0.39, 0.29) is 17.9 Å². The Morgan fingerprint density at radius 2 is 1.81 bits per heavy atom. The quantitative estimate of drug-likeness (QED) is 0.651. The number of para-hydroxylation sites is 2. The molecule has 0 aliphatic rings. The maximum atomic E-state index is 12.5. The third-order valence-corrected chi connectivity index (χ3v) is 5.02. The molecule has 0 fully saturated rings. The van der Waals surface area contributed by atoms with Crippen LogP contribution >= 0.6 is 11.6 Å².